The highest BCUT2D eigenvalue weighted by Gasteiger charge is 2.46. The Morgan fingerprint density at radius 2 is 1.82 bits per heavy atom. The molecule has 1 saturated carbocycles. The number of rotatable bonds is 3. The van der Waals surface area contributed by atoms with Gasteiger partial charge in [0.05, 0.1) is 25.1 Å². The Bertz CT molecular complexity index is 884. The highest BCUT2D eigenvalue weighted by Crippen LogP contribution is 2.53. The molecule has 28 heavy (non-hydrogen) atoms. The maximum absolute atomic E-state index is 5.52. The van der Waals surface area contributed by atoms with Crippen molar-refractivity contribution < 1.29 is 4.74 Å². The van der Waals surface area contributed by atoms with Crippen molar-refractivity contribution in [3.05, 3.63) is 16.3 Å². The molecule has 3 fully saturated rings. The molecular weight excluding hydrogens is 368 g/mol. The predicted molar refractivity (Wildman–Crippen MR) is 113 cm³/mol. The van der Waals surface area contributed by atoms with Crippen LogP contribution in [0.4, 0.5) is 5.82 Å². The van der Waals surface area contributed by atoms with Crippen molar-refractivity contribution in [1.82, 2.24) is 14.9 Å². The predicted octanol–water partition coefficient (Wildman–Crippen LogP) is 3.78. The quantitative estimate of drug-likeness (QED) is 0.787. The van der Waals surface area contributed by atoms with Gasteiger partial charge in [0.15, 0.2) is 0 Å². The molecule has 2 saturated heterocycles. The van der Waals surface area contributed by atoms with E-state index < -0.39 is 0 Å². The molecule has 2 aliphatic heterocycles. The molecule has 1 spiro atoms. The number of aryl methyl sites for hydroxylation is 2. The summed E-state index contributed by atoms with van der Waals surface area (Å²) >= 11 is 1.95. The van der Waals surface area contributed by atoms with E-state index in [1.807, 2.05) is 11.3 Å². The zero-order valence-electron chi connectivity index (χ0n) is 16.7. The maximum Gasteiger partial charge on any atom is 0.146 e. The Kier molecular flexibility index (Phi) is 4.35. The van der Waals surface area contributed by atoms with Crippen LogP contribution in [0.25, 0.3) is 10.2 Å². The third kappa shape index (κ3) is 3.14. The van der Waals surface area contributed by atoms with Gasteiger partial charge in [0.25, 0.3) is 0 Å². The van der Waals surface area contributed by atoms with Crippen molar-refractivity contribution in [1.29, 1.82) is 0 Å². The summed E-state index contributed by atoms with van der Waals surface area (Å²) in [6, 6.07) is 0. The van der Waals surface area contributed by atoms with Crippen molar-refractivity contribution in [2.75, 3.05) is 44.3 Å². The Morgan fingerprint density at radius 1 is 0.964 bits per heavy atom. The molecule has 2 aliphatic carbocycles. The third-order valence-electron chi connectivity index (χ3n) is 7.23. The summed E-state index contributed by atoms with van der Waals surface area (Å²) in [5.41, 5.74) is 2.19. The summed E-state index contributed by atoms with van der Waals surface area (Å²) in [5, 5.41) is 1.41. The molecule has 0 amide bonds. The monoisotopic (exact) mass is 398 g/mol. The second-order valence-corrected chi connectivity index (χ2v) is 10.4. The SMILES string of the molecule is C1CCc2c(sc3nc(CN4CCOCC4)nc(N4CCCC5(CC5)C4)c23)C1. The molecule has 4 aliphatic rings. The zero-order valence-corrected chi connectivity index (χ0v) is 17.5. The van der Waals surface area contributed by atoms with E-state index in [1.54, 1.807) is 10.4 Å². The lowest BCUT2D eigenvalue weighted by molar-refractivity contribution is 0.0331. The van der Waals surface area contributed by atoms with Gasteiger partial charge in [-0.2, -0.15) is 0 Å². The zero-order chi connectivity index (χ0) is 18.6. The van der Waals surface area contributed by atoms with E-state index in [-0.39, 0.29) is 0 Å². The lowest BCUT2D eigenvalue weighted by atomic mass is 9.93. The van der Waals surface area contributed by atoms with E-state index >= 15 is 0 Å². The normalized spacial score (nSPS) is 24.6. The molecule has 2 aromatic rings. The van der Waals surface area contributed by atoms with Crippen LogP contribution in [0, 0.1) is 5.41 Å². The number of hydrogen-bond acceptors (Lipinski definition) is 6. The van der Waals surface area contributed by atoms with Gasteiger partial charge in [-0.05, 0) is 62.3 Å². The highest BCUT2D eigenvalue weighted by atomic mass is 32.1. The molecule has 0 bridgehead atoms. The number of anilines is 1. The van der Waals surface area contributed by atoms with Gasteiger partial charge in [0.2, 0.25) is 0 Å². The lowest BCUT2D eigenvalue weighted by Gasteiger charge is -2.35. The molecule has 0 N–H and O–H groups in total. The molecule has 0 radical (unpaired) electrons. The number of morpholine rings is 1. The van der Waals surface area contributed by atoms with Crippen LogP contribution in [0.5, 0.6) is 0 Å². The van der Waals surface area contributed by atoms with Gasteiger partial charge >= 0.3 is 0 Å². The number of piperidine rings is 1. The second-order valence-electron chi connectivity index (χ2n) is 9.27. The molecule has 2 aromatic heterocycles. The molecule has 5 nitrogen and oxygen atoms in total. The molecule has 4 heterocycles. The van der Waals surface area contributed by atoms with E-state index in [0.717, 1.165) is 45.2 Å². The summed E-state index contributed by atoms with van der Waals surface area (Å²) in [4.78, 5) is 18.2. The number of nitrogens with zero attached hydrogens (tertiary/aromatic N) is 4. The summed E-state index contributed by atoms with van der Waals surface area (Å²) in [5.74, 6) is 2.28. The largest absolute Gasteiger partial charge is 0.379 e. The van der Waals surface area contributed by atoms with E-state index in [1.165, 1.54) is 73.9 Å². The van der Waals surface area contributed by atoms with Crippen molar-refractivity contribution in [3.8, 4) is 0 Å². The van der Waals surface area contributed by atoms with Gasteiger partial charge in [0.1, 0.15) is 16.5 Å². The molecule has 0 atom stereocenters. The average molecular weight is 399 g/mol. The minimum absolute atomic E-state index is 0.607. The van der Waals surface area contributed by atoms with Gasteiger partial charge < -0.3 is 9.64 Å². The first kappa shape index (κ1) is 17.6. The number of hydrogen-bond donors (Lipinski definition) is 0. The minimum Gasteiger partial charge on any atom is -0.379 e. The maximum atomic E-state index is 5.52. The summed E-state index contributed by atoms with van der Waals surface area (Å²) in [7, 11) is 0. The number of thiophene rings is 1. The smallest absolute Gasteiger partial charge is 0.146 e. The van der Waals surface area contributed by atoms with Crippen molar-refractivity contribution in [2.24, 2.45) is 5.41 Å². The van der Waals surface area contributed by atoms with Crippen LogP contribution in [0.2, 0.25) is 0 Å². The molecule has 6 heteroatoms. The van der Waals surface area contributed by atoms with Gasteiger partial charge in [-0.3, -0.25) is 4.90 Å². The molecule has 0 aromatic carbocycles. The van der Waals surface area contributed by atoms with Crippen LogP contribution >= 0.6 is 11.3 Å². The standard InChI is InChI=1S/C22H30N4OS/c1-2-5-17-16(4-1)19-20(26-9-3-6-22(15-26)7-8-22)23-18(24-21(19)28-17)14-25-10-12-27-13-11-25/h1-15H2. The van der Waals surface area contributed by atoms with Crippen LogP contribution < -0.4 is 4.90 Å². The van der Waals surface area contributed by atoms with Crippen molar-refractivity contribution in [2.45, 2.75) is 57.9 Å². The fourth-order valence-electron chi connectivity index (χ4n) is 5.41. The Labute approximate surface area is 171 Å². The summed E-state index contributed by atoms with van der Waals surface area (Å²) in [6.45, 7) is 6.87. The summed E-state index contributed by atoms with van der Waals surface area (Å²) in [6.07, 6.45) is 10.7. The van der Waals surface area contributed by atoms with Gasteiger partial charge in [-0.25, -0.2) is 9.97 Å². The van der Waals surface area contributed by atoms with Crippen LogP contribution in [-0.4, -0.2) is 54.3 Å². The number of fused-ring (bicyclic) bond motifs is 3. The van der Waals surface area contributed by atoms with Crippen LogP contribution in [-0.2, 0) is 24.1 Å². The summed E-state index contributed by atoms with van der Waals surface area (Å²) < 4.78 is 5.52. The topological polar surface area (TPSA) is 41.5 Å². The van der Waals surface area contributed by atoms with Crippen LogP contribution in [0.1, 0.15) is 54.8 Å². The molecule has 6 rings (SSSR count). The molecule has 150 valence electrons. The Balaban J connectivity index is 1.42. The number of ether oxygens (including phenoxy) is 1. The highest BCUT2D eigenvalue weighted by molar-refractivity contribution is 7.19. The first-order valence-corrected chi connectivity index (χ1v) is 12.0. The van der Waals surface area contributed by atoms with Crippen LogP contribution in [0.3, 0.4) is 0 Å². The van der Waals surface area contributed by atoms with E-state index in [2.05, 4.69) is 9.80 Å². The average Bonchev–Trinajstić information content (AvgIpc) is 3.35. The van der Waals surface area contributed by atoms with Gasteiger partial charge in [-0.1, -0.05) is 0 Å². The lowest BCUT2D eigenvalue weighted by Crippen LogP contribution is -2.38. The van der Waals surface area contributed by atoms with E-state index in [4.69, 9.17) is 14.7 Å². The molecular formula is C22H30N4OS. The second kappa shape index (κ2) is 6.92. The molecule has 0 unspecified atom stereocenters. The fourth-order valence-corrected chi connectivity index (χ4v) is 6.69. The third-order valence-corrected chi connectivity index (χ3v) is 8.41. The first-order chi connectivity index (χ1) is 13.8. The van der Waals surface area contributed by atoms with Crippen molar-refractivity contribution in [3.63, 3.8) is 0 Å². The van der Waals surface area contributed by atoms with Crippen LogP contribution in [0.15, 0.2) is 0 Å². The first-order valence-electron chi connectivity index (χ1n) is 11.2. The van der Waals surface area contributed by atoms with E-state index in [0.29, 0.717) is 5.41 Å². The Morgan fingerprint density at radius 3 is 2.68 bits per heavy atom. The van der Waals surface area contributed by atoms with E-state index in [9.17, 15) is 0 Å². The fraction of sp³-hybridized carbons (Fsp3) is 0.727. The van der Waals surface area contributed by atoms with Gasteiger partial charge in [0, 0.05) is 31.1 Å². The van der Waals surface area contributed by atoms with Gasteiger partial charge in [-0.15, -0.1) is 11.3 Å². The number of aromatic nitrogens is 2. The van der Waals surface area contributed by atoms with Crippen molar-refractivity contribution >= 4 is 27.4 Å². The minimum atomic E-state index is 0.607. The Hall–Kier alpha value is -1.24.